The van der Waals surface area contributed by atoms with E-state index in [0.29, 0.717) is 6.54 Å². The van der Waals surface area contributed by atoms with Gasteiger partial charge in [0.2, 0.25) is 17.7 Å². The van der Waals surface area contributed by atoms with E-state index in [1.165, 1.54) is 4.90 Å². The predicted octanol–water partition coefficient (Wildman–Crippen LogP) is 2.88. The van der Waals surface area contributed by atoms with Crippen LogP contribution < -0.4 is 10.6 Å². The Kier molecular flexibility index (Phi) is 8.33. The molecule has 3 N–H and O–H groups in total. The number of aliphatic hydroxyl groups excluding tert-OH is 1. The highest BCUT2D eigenvalue weighted by Gasteiger charge is 2.44. The molecule has 35 heavy (non-hydrogen) atoms. The molecule has 8 nitrogen and oxygen atoms in total. The van der Waals surface area contributed by atoms with E-state index < -0.39 is 23.6 Å². The molecule has 190 valence electrons. The van der Waals surface area contributed by atoms with Crippen LogP contribution in [0.1, 0.15) is 52.3 Å². The average molecular weight is 501 g/mol. The van der Waals surface area contributed by atoms with Crippen molar-refractivity contribution in [2.24, 2.45) is 11.3 Å². The normalized spacial score (nSPS) is 19.0. The molecule has 0 bridgehead atoms. The van der Waals surface area contributed by atoms with Gasteiger partial charge in [-0.05, 0) is 23.5 Å². The van der Waals surface area contributed by atoms with Gasteiger partial charge in [-0.15, -0.1) is 11.3 Å². The SMILES string of the molecule is Cc1ncsc1-c1ccc(CNC(=O)[C@@H]2C[C@@H](O)CN2C(=O)[C@@H](NC(=O)C(C)C)C(C)(C)C)cc1. The van der Waals surface area contributed by atoms with Crippen molar-refractivity contribution >= 4 is 29.1 Å². The topological polar surface area (TPSA) is 112 Å². The largest absolute Gasteiger partial charge is 0.391 e. The molecule has 1 aliphatic rings. The minimum atomic E-state index is -0.805. The number of carbonyl (C=O) groups is 3. The van der Waals surface area contributed by atoms with Crippen molar-refractivity contribution in [2.75, 3.05) is 6.54 Å². The molecule has 1 aromatic heterocycles. The van der Waals surface area contributed by atoms with E-state index in [2.05, 4.69) is 15.6 Å². The van der Waals surface area contributed by atoms with Gasteiger partial charge in [0.1, 0.15) is 12.1 Å². The molecule has 0 aliphatic carbocycles. The second-order valence-electron chi connectivity index (χ2n) is 10.5. The molecule has 2 heterocycles. The maximum absolute atomic E-state index is 13.5. The van der Waals surface area contributed by atoms with Gasteiger partial charge in [-0.1, -0.05) is 58.9 Å². The summed E-state index contributed by atoms with van der Waals surface area (Å²) in [5, 5.41) is 16.0. The van der Waals surface area contributed by atoms with Gasteiger partial charge in [0.15, 0.2) is 0 Å². The standard InChI is InChI=1S/C26H36N4O4S/c1-15(2)23(32)29-22(26(4,5)6)25(34)30-13-19(31)11-20(30)24(33)27-12-17-7-9-18(10-8-17)21-16(3)28-14-35-21/h7-10,14-15,19-20,22,31H,11-13H2,1-6H3,(H,27,33)(H,29,32)/t19-,20+,22-/m1/s1. The Morgan fingerprint density at radius 1 is 1.20 bits per heavy atom. The van der Waals surface area contributed by atoms with Gasteiger partial charge < -0.3 is 20.6 Å². The summed E-state index contributed by atoms with van der Waals surface area (Å²) in [6.07, 6.45) is -0.631. The van der Waals surface area contributed by atoms with E-state index in [9.17, 15) is 19.5 Å². The summed E-state index contributed by atoms with van der Waals surface area (Å²) in [6, 6.07) is 6.32. The summed E-state index contributed by atoms with van der Waals surface area (Å²) in [7, 11) is 0. The molecular formula is C26H36N4O4S. The average Bonchev–Trinajstić information content (AvgIpc) is 3.40. The van der Waals surface area contributed by atoms with Crippen molar-refractivity contribution in [1.29, 1.82) is 0 Å². The Labute approximate surface area is 211 Å². The van der Waals surface area contributed by atoms with E-state index in [4.69, 9.17) is 0 Å². The number of likely N-dealkylation sites (tertiary alicyclic amines) is 1. The van der Waals surface area contributed by atoms with Crippen LogP contribution in [0.3, 0.4) is 0 Å². The lowest BCUT2D eigenvalue weighted by molar-refractivity contribution is -0.144. The zero-order valence-corrected chi connectivity index (χ0v) is 22.1. The molecule has 9 heteroatoms. The summed E-state index contributed by atoms with van der Waals surface area (Å²) >= 11 is 1.59. The summed E-state index contributed by atoms with van der Waals surface area (Å²) in [6.45, 7) is 11.5. The highest BCUT2D eigenvalue weighted by molar-refractivity contribution is 7.13. The number of thiazole rings is 1. The van der Waals surface area contributed by atoms with Crippen molar-refractivity contribution in [1.82, 2.24) is 20.5 Å². The monoisotopic (exact) mass is 500 g/mol. The first-order valence-corrected chi connectivity index (χ1v) is 12.8. The molecule has 3 rings (SSSR count). The Morgan fingerprint density at radius 2 is 1.86 bits per heavy atom. The third kappa shape index (κ3) is 6.46. The maximum Gasteiger partial charge on any atom is 0.246 e. The third-order valence-corrected chi connectivity index (χ3v) is 7.19. The van der Waals surface area contributed by atoms with Crippen molar-refractivity contribution < 1.29 is 19.5 Å². The number of aliphatic hydroxyl groups is 1. The van der Waals surface area contributed by atoms with Gasteiger partial charge in [0, 0.05) is 25.4 Å². The van der Waals surface area contributed by atoms with Crippen LogP contribution in [0.15, 0.2) is 29.8 Å². The highest BCUT2D eigenvalue weighted by Crippen LogP contribution is 2.28. The van der Waals surface area contributed by atoms with Crippen molar-refractivity contribution in [3.63, 3.8) is 0 Å². The molecule has 1 saturated heterocycles. The number of aromatic nitrogens is 1. The summed E-state index contributed by atoms with van der Waals surface area (Å²) in [5.74, 6) is -1.18. The number of aryl methyl sites for hydroxylation is 1. The number of rotatable bonds is 7. The van der Waals surface area contributed by atoms with E-state index in [0.717, 1.165) is 21.7 Å². The van der Waals surface area contributed by atoms with Crippen LogP contribution >= 0.6 is 11.3 Å². The highest BCUT2D eigenvalue weighted by atomic mass is 32.1. The number of β-amino-alcohol motifs (C(OH)–C–C–N with tert-alkyl or cyclic N) is 1. The number of nitrogens with one attached hydrogen (secondary N) is 2. The minimum Gasteiger partial charge on any atom is -0.391 e. The van der Waals surface area contributed by atoms with Gasteiger partial charge in [-0.2, -0.15) is 0 Å². The van der Waals surface area contributed by atoms with Gasteiger partial charge in [-0.3, -0.25) is 14.4 Å². The molecule has 0 spiro atoms. The third-order valence-electron chi connectivity index (χ3n) is 6.22. The van der Waals surface area contributed by atoms with Crippen LogP contribution in [0.4, 0.5) is 0 Å². The molecule has 0 saturated carbocycles. The van der Waals surface area contributed by atoms with Crippen LogP contribution in [0, 0.1) is 18.3 Å². The minimum absolute atomic E-state index is 0.0595. The molecular weight excluding hydrogens is 464 g/mol. The number of benzene rings is 1. The molecule has 1 fully saturated rings. The quantitative estimate of drug-likeness (QED) is 0.541. The molecule has 0 unspecified atom stereocenters. The molecule has 1 aromatic carbocycles. The lowest BCUT2D eigenvalue weighted by atomic mass is 9.85. The Bertz CT molecular complexity index is 1060. The van der Waals surface area contributed by atoms with E-state index in [-0.39, 0.29) is 36.6 Å². The lowest BCUT2D eigenvalue weighted by Gasteiger charge is -2.35. The number of amides is 3. The number of carbonyl (C=O) groups excluding carboxylic acids is 3. The zero-order valence-electron chi connectivity index (χ0n) is 21.3. The number of hydrogen-bond donors (Lipinski definition) is 3. The smallest absolute Gasteiger partial charge is 0.246 e. The summed E-state index contributed by atoms with van der Waals surface area (Å²) in [4.78, 5) is 45.7. The van der Waals surface area contributed by atoms with E-state index >= 15 is 0 Å². The van der Waals surface area contributed by atoms with Crippen LogP contribution in [0.2, 0.25) is 0 Å². The van der Waals surface area contributed by atoms with Crippen LogP contribution in [-0.4, -0.2) is 57.4 Å². The first-order valence-electron chi connectivity index (χ1n) is 11.9. The first-order chi connectivity index (χ1) is 16.4. The van der Waals surface area contributed by atoms with E-state index in [1.807, 2.05) is 57.5 Å². The second kappa shape index (κ2) is 10.9. The van der Waals surface area contributed by atoms with Gasteiger partial charge in [-0.25, -0.2) is 4.98 Å². The van der Waals surface area contributed by atoms with Crippen LogP contribution in [-0.2, 0) is 20.9 Å². The van der Waals surface area contributed by atoms with E-state index in [1.54, 1.807) is 25.2 Å². The first kappa shape index (κ1) is 26.8. The van der Waals surface area contributed by atoms with Crippen molar-refractivity contribution in [3.05, 3.63) is 41.0 Å². The van der Waals surface area contributed by atoms with Crippen LogP contribution in [0.5, 0.6) is 0 Å². The summed E-state index contributed by atoms with van der Waals surface area (Å²) in [5.41, 5.74) is 4.25. The Morgan fingerprint density at radius 3 is 2.40 bits per heavy atom. The Balaban J connectivity index is 1.68. The van der Waals surface area contributed by atoms with Gasteiger partial charge in [0.25, 0.3) is 0 Å². The molecule has 2 aromatic rings. The fourth-order valence-electron chi connectivity index (χ4n) is 4.09. The fraction of sp³-hybridized carbons (Fsp3) is 0.538. The molecule has 3 amide bonds. The maximum atomic E-state index is 13.5. The predicted molar refractivity (Wildman–Crippen MR) is 136 cm³/mol. The summed E-state index contributed by atoms with van der Waals surface area (Å²) < 4.78 is 0. The van der Waals surface area contributed by atoms with Gasteiger partial charge >= 0.3 is 0 Å². The van der Waals surface area contributed by atoms with Crippen molar-refractivity contribution in [3.8, 4) is 10.4 Å². The molecule has 1 aliphatic heterocycles. The van der Waals surface area contributed by atoms with Gasteiger partial charge in [0.05, 0.1) is 22.2 Å². The number of nitrogens with zero attached hydrogens (tertiary/aromatic N) is 2. The Hall–Kier alpha value is -2.78. The molecule has 0 radical (unpaired) electrons. The lowest BCUT2D eigenvalue weighted by Crippen LogP contribution is -2.58. The van der Waals surface area contributed by atoms with Crippen LogP contribution in [0.25, 0.3) is 10.4 Å². The van der Waals surface area contributed by atoms with Crippen molar-refractivity contribution in [2.45, 2.75) is 72.7 Å². The zero-order chi connectivity index (χ0) is 25.9. The number of hydrogen-bond acceptors (Lipinski definition) is 6. The molecule has 3 atom stereocenters. The fourth-order valence-corrected chi connectivity index (χ4v) is 4.90. The second-order valence-corrected chi connectivity index (χ2v) is 11.4.